The molecule has 1 fully saturated rings. The molecule has 154 valence electrons. The number of para-hydroxylation sites is 1. The fraction of sp³-hybridized carbons (Fsp3) is 0.409. The van der Waals surface area contributed by atoms with Crippen molar-refractivity contribution in [1.82, 2.24) is 10.3 Å². The van der Waals surface area contributed by atoms with Crippen LogP contribution in [0.1, 0.15) is 52.1 Å². The summed E-state index contributed by atoms with van der Waals surface area (Å²) in [7, 11) is 0. The Morgan fingerprint density at radius 3 is 2.66 bits per heavy atom. The SMILES string of the molecule is CC(=O)N(c1nc(/C=C/C(=O)NC2(C)CCC(C)CC2)cs1)c1ccccc1F. The Morgan fingerprint density at radius 2 is 2.00 bits per heavy atom. The van der Waals surface area contributed by atoms with E-state index in [1.807, 2.05) is 0 Å². The summed E-state index contributed by atoms with van der Waals surface area (Å²) in [6.07, 6.45) is 7.27. The molecule has 2 amide bonds. The maximum absolute atomic E-state index is 14.1. The van der Waals surface area contributed by atoms with Crippen LogP contribution in [0.25, 0.3) is 6.08 Å². The van der Waals surface area contributed by atoms with Gasteiger partial charge in [0.1, 0.15) is 5.82 Å². The number of amides is 2. The van der Waals surface area contributed by atoms with E-state index in [0.717, 1.165) is 25.7 Å². The third-order valence-electron chi connectivity index (χ3n) is 5.32. The monoisotopic (exact) mass is 415 g/mol. The van der Waals surface area contributed by atoms with Crippen molar-refractivity contribution in [2.24, 2.45) is 5.92 Å². The molecule has 0 atom stereocenters. The summed E-state index contributed by atoms with van der Waals surface area (Å²) >= 11 is 1.22. The number of rotatable bonds is 5. The van der Waals surface area contributed by atoms with Crippen LogP contribution < -0.4 is 10.2 Å². The third kappa shape index (κ3) is 5.29. The summed E-state index contributed by atoms with van der Waals surface area (Å²) in [5, 5.41) is 5.20. The van der Waals surface area contributed by atoms with Crippen LogP contribution in [0, 0.1) is 11.7 Å². The minimum absolute atomic E-state index is 0.155. The second kappa shape index (κ2) is 8.86. The number of hydrogen-bond donors (Lipinski definition) is 1. The second-order valence-corrected chi connectivity index (χ2v) is 8.76. The minimum atomic E-state index is -0.496. The van der Waals surface area contributed by atoms with Crippen molar-refractivity contribution in [2.45, 2.75) is 52.0 Å². The zero-order valence-corrected chi connectivity index (χ0v) is 17.8. The number of nitrogens with one attached hydrogen (secondary N) is 1. The van der Waals surface area contributed by atoms with Crippen molar-refractivity contribution in [1.29, 1.82) is 0 Å². The number of benzene rings is 1. The van der Waals surface area contributed by atoms with Crippen LogP contribution in [-0.2, 0) is 9.59 Å². The second-order valence-electron chi connectivity index (χ2n) is 7.93. The Hall–Kier alpha value is -2.54. The van der Waals surface area contributed by atoms with E-state index in [1.165, 1.54) is 41.4 Å². The highest BCUT2D eigenvalue weighted by Gasteiger charge is 2.30. The molecule has 29 heavy (non-hydrogen) atoms. The molecule has 1 aliphatic carbocycles. The number of aromatic nitrogens is 1. The molecule has 0 aliphatic heterocycles. The van der Waals surface area contributed by atoms with Gasteiger partial charge in [-0.3, -0.25) is 14.5 Å². The molecule has 1 aromatic carbocycles. The molecule has 0 bridgehead atoms. The first-order valence-corrected chi connectivity index (χ1v) is 10.7. The van der Waals surface area contributed by atoms with Crippen LogP contribution in [0.4, 0.5) is 15.2 Å². The number of carbonyl (C=O) groups excluding carboxylic acids is 2. The van der Waals surface area contributed by atoms with E-state index in [9.17, 15) is 14.0 Å². The number of thiazole rings is 1. The lowest BCUT2D eigenvalue weighted by Gasteiger charge is -2.36. The average molecular weight is 416 g/mol. The summed E-state index contributed by atoms with van der Waals surface area (Å²) in [6, 6.07) is 6.07. The lowest BCUT2D eigenvalue weighted by Crippen LogP contribution is -2.47. The zero-order chi connectivity index (χ0) is 21.0. The normalized spacial score (nSPS) is 21.9. The van der Waals surface area contributed by atoms with E-state index in [0.29, 0.717) is 16.7 Å². The highest BCUT2D eigenvalue weighted by molar-refractivity contribution is 7.14. The van der Waals surface area contributed by atoms with E-state index in [-0.39, 0.29) is 23.0 Å². The van der Waals surface area contributed by atoms with Gasteiger partial charge in [0, 0.05) is 23.9 Å². The lowest BCUT2D eigenvalue weighted by atomic mass is 9.78. The number of anilines is 2. The molecule has 3 rings (SSSR count). The van der Waals surface area contributed by atoms with Gasteiger partial charge in [0.2, 0.25) is 11.8 Å². The van der Waals surface area contributed by atoms with E-state index in [4.69, 9.17) is 0 Å². The van der Waals surface area contributed by atoms with E-state index < -0.39 is 5.82 Å². The van der Waals surface area contributed by atoms with Crippen molar-refractivity contribution in [3.63, 3.8) is 0 Å². The molecule has 1 aliphatic rings. The van der Waals surface area contributed by atoms with Gasteiger partial charge in [-0.1, -0.05) is 19.1 Å². The molecule has 1 N–H and O–H groups in total. The van der Waals surface area contributed by atoms with Crippen LogP contribution >= 0.6 is 11.3 Å². The van der Waals surface area contributed by atoms with Crippen molar-refractivity contribution in [2.75, 3.05) is 4.90 Å². The van der Waals surface area contributed by atoms with Crippen molar-refractivity contribution in [3.05, 3.63) is 47.2 Å². The van der Waals surface area contributed by atoms with Crippen molar-refractivity contribution in [3.8, 4) is 0 Å². The van der Waals surface area contributed by atoms with Gasteiger partial charge in [0.15, 0.2) is 5.13 Å². The summed E-state index contributed by atoms with van der Waals surface area (Å²) in [5.41, 5.74) is 0.532. The smallest absolute Gasteiger partial charge is 0.244 e. The fourth-order valence-electron chi connectivity index (χ4n) is 3.52. The lowest BCUT2D eigenvalue weighted by molar-refractivity contribution is -0.118. The Bertz CT molecular complexity index is 916. The maximum atomic E-state index is 14.1. The van der Waals surface area contributed by atoms with E-state index >= 15 is 0 Å². The first-order valence-electron chi connectivity index (χ1n) is 9.78. The molecular weight excluding hydrogens is 389 g/mol. The quantitative estimate of drug-likeness (QED) is 0.694. The zero-order valence-electron chi connectivity index (χ0n) is 16.9. The Kier molecular flexibility index (Phi) is 6.47. The maximum Gasteiger partial charge on any atom is 0.244 e. The number of nitrogens with zero attached hydrogens (tertiary/aromatic N) is 2. The highest BCUT2D eigenvalue weighted by Crippen LogP contribution is 2.32. The van der Waals surface area contributed by atoms with Gasteiger partial charge in [-0.2, -0.15) is 0 Å². The topological polar surface area (TPSA) is 62.3 Å². The number of carbonyl (C=O) groups is 2. The molecule has 0 spiro atoms. The fourth-order valence-corrected chi connectivity index (χ4v) is 4.37. The van der Waals surface area contributed by atoms with Gasteiger partial charge in [-0.25, -0.2) is 9.37 Å². The molecule has 2 aromatic rings. The summed E-state index contributed by atoms with van der Waals surface area (Å²) in [6.45, 7) is 5.69. The predicted molar refractivity (Wildman–Crippen MR) is 115 cm³/mol. The Balaban J connectivity index is 1.70. The van der Waals surface area contributed by atoms with Crippen molar-refractivity contribution >= 4 is 40.0 Å². The summed E-state index contributed by atoms with van der Waals surface area (Å²) in [4.78, 5) is 30.1. The minimum Gasteiger partial charge on any atom is -0.347 e. The molecule has 1 aromatic heterocycles. The predicted octanol–water partition coefficient (Wildman–Crippen LogP) is 5.07. The first-order chi connectivity index (χ1) is 13.8. The van der Waals surface area contributed by atoms with Crippen LogP contribution in [0.2, 0.25) is 0 Å². The molecule has 1 heterocycles. The van der Waals surface area contributed by atoms with Gasteiger partial charge in [-0.05, 0) is 56.7 Å². The molecule has 1 saturated carbocycles. The van der Waals surface area contributed by atoms with Gasteiger partial charge in [-0.15, -0.1) is 11.3 Å². The molecular formula is C22H26FN3O2S. The van der Waals surface area contributed by atoms with E-state index in [2.05, 4.69) is 24.1 Å². The molecule has 0 radical (unpaired) electrons. The largest absolute Gasteiger partial charge is 0.347 e. The van der Waals surface area contributed by atoms with Gasteiger partial charge in [0.05, 0.1) is 11.4 Å². The third-order valence-corrected chi connectivity index (χ3v) is 6.16. The summed E-state index contributed by atoms with van der Waals surface area (Å²) < 4.78 is 14.1. The van der Waals surface area contributed by atoms with Crippen LogP contribution in [0.3, 0.4) is 0 Å². The highest BCUT2D eigenvalue weighted by atomic mass is 32.1. The van der Waals surface area contributed by atoms with Gasteiger partial charge in [0.25, 0.3) is 0 Å². The number of hydrogen-bond acceptors (Lipinski definition) is 4. The molecule has 0 unspecified atom stereocenters. The van der Waals surface area contributed by atoms with Crippen LogP contribution in [0.15, 0.2) is 35.7 Å². The Labute approximate surface area is 174 Å². The standard InChI is InChI=1S/C22H26FN3O2S/c1-15-10-12-22(3,13-11-15)25-20(28)9-8-17-14-29-21(24-17)26(16(2)27)19-7-5-4-6-18(19)23/h4-9,14-15H,10-13H2,1-3H3,(H,25,28)/b9-8+. The van der Waals surface area contributed by atoms with Crippen molar-refractivity contribution < 1.29 is 14.0 Å². The van der Waals surface area contributed by atoms with Crippen LogP contribution in [0.5, 0.6) is 0 Å². The first kappa shape index (κ1) is 21.2. The van der Waals surface area contributed by atoms with Crippen LogP contribution in [-0.4, -0.2) is 22.3 Å². The molecule has 0 saturated heterocycles. The molecule has 7 heteroatoms. The van der Waals surface area contributed by atoms with E-state index in [1.54, 1.807) is 23.6 Å². The average Bonchev–Trinajstić information content (AvgIpc) is 3.13. The summed E-state index contributed by atoms with van der Waals surface area (Å²) in [5.74, 6) is -0.279. The molecule has 5 nitrogen and oxygen atoms in total. The number of halogens is 1. The van der Waals surface area contributed by atoms with Gasteiger partial charge >= 0.3 is 0 Å². The van der Waals surface area contributed by atoms with Gasteiger partial charge < -0.3 is 5.32 Å². The Morgan fingerprint density at radius 1 is 1.31 bits per heavy atom.